The number of nitrogens with zero attached hydrogens (tertiary/aromatic N) is 1. The van der Waals surface area contributed by atoms with Crippen molar-refractivity contribution in [3.63, 3.8) is 0 Å². The first-order valence-corrected chi connectivity index (χ1v) is 8.46. The number of thiophene rings is 1. The third-order valence-electron chi connectivity index (χ3n) is 3.24. The summed E-state index contributed by atoms with van der Waals surface area (Å²) < 4.78 is 9.78. The van der Waals surface area contributed by atoms with Crippen LogP contribution in [0, 0.1) is 16.0 Å². The molecule has 2 rings (SSSR count). The van der Waals surface area contributed by atoms with Crippen LogP contribution in [0.2, 0.25) is 5.02 Å². The van der Waals surface area contributed by atoms with Crippen LogP contribution in [0.25, 0.3) is 10.1 Å². The van der Waals surface area contributed by atoms with E-state index >= 15 is 0 Å². The maximum Gasteiger partial charge on any atom is 0.352 e. The van der Waals surface area contributed by atoms with Crippen molar-refractivity contribution in [2.45, 2.75) is 27.1 Å². The lowest BCUT2D eigenvalue weighted by Gasteiger charge is -2.14. The van der Waals surface area contributed by atoms with Crippen molar-refractivity contribution in [1.29, 1.82) is 0 Å². The van der Waals surface area contributed by atoms with Crippen LogP contribution in [0.5, 0.6) is 11.5 Å². The van der Waals surface area contributed by atoms with E-state index in [1.165, 1.54) is 6.92 Å². The number of carbonyl (C=O) groups is 2. The van der Waals surface area contributed by atoms with E-state index in [4.69, 9.17) is 21.1 Å². The van der Waals surface area contributed by atoms with Gasteiger partial charge >= 0.3 is 17.6 Å². The standard InChI is InChI=1S/C15H14ClNO8S/c1-5(2)14(20)24-6(3)25-15(21)13-9(16)7-4-8(18)11(19)10(17(22)23)12(7)26-13/h4-6,18-19H,1-3H3. The zero-order valence-corrected chi connectivity index (χ0v) is 15.4. The highest BCUT2D eigenvalue weighted by atomic mass is 35.5. The predicted octanol–water partition coefficient (Wildman–Crippen LogP) is 3.58. The number of ether oxygens (including phenoxy) is 2. The van der Waals surface area contributed by atoms with Crippen molar-refractivity contribution < 1.29 is 34.2 Å². The number of rotatable bonds is 5. The molecule has 11 heteroatoms. The lowest BCUT2D eigenvalue weighted by Crippen LogP contribution is -2.24. The van der Waals surface area contributed by atoms with Crippen LogP contribution < -0.4 is 0 Å². The summed E-state index contributed by atoms with van der Waals surface area (Å²) in [5, 5.41) is 30.3. The highest BCUT2D eigenvalue weighted by molar-refractivity contribution is 7.22. The number of nitro groups is 1. The molecule has 2 N–H and O–H groups in total. The molecule has 9 nitrogen and oxygen atoms in total. The largest absolute Gasteiger partial charge is 0.504 e. The first-order valence-electron chi connectivity index (χ1n) is 7.27. The molecule has 0 bridgehead atoms. The molecule has 0 aliphatic heterocycles. The molecule has 140 valence electrons. The van der Waals surface area contributed by atoms with Crippen molar-refractivity contribution in [2.75, 3.05) is 0 Å². The molecule has 1 atom stereocenters. The van der Waals surface area contributed by atoms with Crippen molar-refractivity contribution in [3.8, 4) is 11.5 Å². The van der Waals surface area contributed by atoms with Crippen LogP contribution in [0.4, 0.5) is 5.69 Å². The van der Waals surface area contributed by atoms with E-state index in [1.54, 1.807) is 13.8 Å². The normalized spacial score (nSPS) is 12.2. The van der Waals surface area contributed by atoms with Crippen molar-refractivity contribution in [2.24, 2.45) is 5.92 Å². The van der Waals surface area contributed by atoms with Gasteiger partial charge in [0.2, 0.25) is 12.0 Å². The van der Waals surface area contributed by atoms with Crippen LogP contribution in [0.3, 0.4) is 0 Å². The van der Waals surface area contributed by atoms with Gasteiger partial charge in [0.1, 0.15) is 9.58 Å². The number of fused-ring (bicyclic) bond motifs is 1. The van der Waals surface area contributed by atoms with Gasteiger partial charge in [-0.05, 0) is 6.07 Å². The summed E-state index contributed by atoms with van der Waals surface area (Å²) in [5.74, 6) is -3.63. The Bertz CT molecular complexity index is 907. The zero-order chi connectivity index (χ0) is 19.8. The molecular formula is C15H14ClNO8S. The Labute approximate surface area is 155 Å². The molecule has 0 radical (unpaired) electrons. The molecule has 0 aliphatic carbocycles. The molecule has 0 spiro atoms. The summed E-state index contributed by atoms with van der Waals surface area (Å²) in [6.07, 6.45) is -1.20. The Morgan fingerprint density at radius 1 is 1.27 bits per heavy atom. The number of phenols is 2. The third kappa shape index (κ3) is 3.65. The minimum Gasteiger partial charge on any atom is -0.504 e. The Balaban J connectivity index is 2.40. The zero-order valence-electron chi connectivity index (χ0n) is 13.8. The van der Waals surface area contributed by atoms with Crippen LogP contribution in [0.1, 0.15) is 30.4 Å². The van der Waals surface area contributed by atoms with E-state index in [2.05, 4.69) is 0 Å². The van der Waals surface area contributed by atoms with E-state index in [-0.39, 0.29) is 20.0 Å². The lowest BCUT2D eigenvalue weighted by molar-refractivity contribution is -0.383. The van der Waals surface area contributed by atoms with Crippen LogP contribution in [-0.4, -0.2) is 33.4 Å². The van der Waals surface area contributed by atoms with Gasteiger partial charge in [-0.15, -0.1) is 11.3 Å². The van der Waals surface area contributed by atoms with Gasteiger partial charge in [0.05, 0.1) is 15.9 Å². The molecule has 0 amide bonds. The van der Waals surface area contributed by atoms with Crippen LogP contribution in [-0.2, 0) is 14.3 Å². The highest BCUT2D eigenvalue weighted by Crippen LogP contribution is 2.48. The number of benzene rings is 1. The quantitative estimate of drug-likeness (QED) is 0.254. The minimum atomic E-state index is -1.20. The number of hydrogen-bond acceptors (Lipinski definition) is 9. The van der Waals surface area contributed by atoms with Crippen molar-refractivity contribution in [3.05, 3.63) is 26.1 Å². The second kappa shape index (κ2) is 7.34. The van der Waals surface area contributed by atoms with Crippen LogP contribution >= 0.6 is 22.9 Å². The average molecular weight is 404 g/mol. The Hall–Kier alpha value is -2.59. The van der Waals surface area contributed by atoms with E-state index in [0.717, 1.165) is 6.07 Å². The first kappa shape index (κ1) is 19.7. The van der Waals surface area contributed by atoms with Gasteiger partial charge in [-0.3, -0.25) is 14.9 Å². The predicted molar refractivity (Wildman–Crippen MR) is 92.6 cm³/mol. The molecule has 2 aromatic rings. The van der Waals surface area contributed by atoms with Gasteiger partial charge in [0.25, 0.3) is 0 Å². The Morgan fingerprint density at radius 3 is 2.42 bits per heavy atom. The van der Waals surface area contributed by atoms with Crippen molar-refractivity contribution >= 4 is 50.6 Å². The van der Waals surface area contributed by atoms with Gasteiger partial charge in [0, 0.05) is 12.3 Å². The van der Waals surface area contributed by atoms with Gasteiger partial charge in [-0.25, -0.2) is 4.79 Å². The first-order chi connectivity index (χ1) is 12.0. The molecule has 1 unspecified atom stereocenters. The smallest absolute Gasteiger partial charge is 0.352 e. The molecular weight excluding hydrogens is 390 g/mol. The van der Waals surface area contributed by atoms with E-state index in [9.17, 15) is 29.9 Å². The Kier molecular flexibility index (Phi) is 5.57. The lowest BCUT2D eigenvalue weighted by atomic mass is 10.2. The second-order valence-corrected chi connectivity index (χ2v) is 6.93. The fourth-order valence-corrected chi connectivity index (χ4v) is 3.46. The number of carbonyl (C=O) groups excluding carboxylic acids is 2. The molecule has 1 heterocycles. The topological polar surface area (TPSA) is 136 Å². The number of halogens is 1. The monoisotopic (exact) mass is 403 g/mol. The van der Waals surface area contributed by atoms with Gasteiger partial charge in [-0.1, -0.05) is 25.4 Å². The maximum atomic E-state index is 12.3. The fourth-order valence-electron chi connectivity index (χ4n) is 1.99. The molecule has 0 saturated carbocycles. The van der Waals surface area contributed by atoms with Crippen molar-refractivity contribution in [1.82, 2.24) is 0 Å². The summed E-state index contributed by atoms with van der Waals surface area (Å²) in [6, 6.07) is 1.01. The molecule has 0 fully saturated rings. The van der Waals surface area contributed by atoms with E-state index in [0.29, 0.717) is 11.3 Å². The number of phenolic OH excluding ortho intramolecular Hbond substituents is 2. The second-order valence-electron chi connectivity index (χ2n) is 5.54. The maximum absolute atomic E-state index is 12.3. The number of aromatic hydroxyl groups is 2. The minimum absolute atomic E-state index is 0.0115. The molecule has 1 aromatic carbocycles. The summed E-state index contributed by atoms with van der Waals surface area (Å²) in [7, 11) is 0. The van der Waals surface area contributed by atoms with Crippen LogP contribution in [0.15, 0.2) is 6.07 Å². The molecule has 26 heavy (non-hydrogen) atoms. The molecule has 0 aliphatic rings. The molecule has 0 saturated heterocycles. The highest BCUT2D eigenvalue weighted by Gasteiger charge is 2.30. The third-order valence-corrected chi connectivity index (χ3v) is 4.94. The fraction of sp³-hybridized carbons (Fsp3) is 0.333. The SMILES string of the molecule is CC(OC(=O)c1sc2c([N+](=O)[O-])c(O)c(O)cc2c1Cl)OC(=O)C(C)C. The summed E-state index contributed by atoms with van der Waals surface area (Å²) in [6.45, 7) is 4.55. The summed E-state index contributed by atoms with van der Waals surface area (Å²) >= 11 is 6.70. The van der Waals surface area contributed by atoms with Gasteiger partial charge in [-0.2, -0.15) is 0 Å². The van der Waals surface area contributed by atoms with Gasteiger partial charge in [0.15, 0.2) is 5.75 Å². The number of nitro benzene ring substituents is 1. The number of esters is 2. The van der Waals surface area contributed by atoms with Gasteiger partial charge < -0.3 is 19.7 Å². The summed E-state index contributed by atoms with van der Waals surface area (Å²) in [4.78, 5) is 33.8. The van der Waals surface area contributed by atoms with E-state index in [1.807, 2.05) is 0 Å². The van der Waals surface area contributed by atoms with E-state index < -0.39 is 46.3 Å². The molecule has 1 aromatic heterocycles. The summed E-state index contributed by atoms with van der Waals surface area (Å²) in [5.41, 5.74) is -0.773. The Morgan fingerprint density at radius 2 is 1.88 bits per heavy atom. The number of hydrogen-bond donors (Lipinski definition) is 2. The average Bonchev–Trinajstić information content (AvgIpc) is 2.84.